The van der Waals surface area contributed by atoms with Gasteiger partial charge in [0.15, 0.2) is 0 Å². The van der Waals surface area contributed by atoms with Crippen molar-refractivity contribution >= 4 is 22.0 Å². The highest BCUT2D eigenvalue weighted by atomic mass is 32.2. The fraction of sp³-hybridized carbons (Fsp3) is 0.333. The van der Waals surface area contributed by atoms with Gasteiger partial charge in [-0.05, 0) is 25.1 Å². The van der Waals surface area contributed by atoms with Gasteiger partial charge < -0.3 is 9.84 Å². The summed E-state index contributed by atoms with van der Waals surface area (Å²) in [5.41, 5.74) is -0.127. The van der Waals surface area contributed by atoms with Gasteiger partial charge in [0.25, 0.3) is 0 Å². The van der Waals surface area contributed by atoms with Crippen molar-refractivity contribution < 1.29 is 27.9 Å². The van der Waals surface area contributed by atoms with Crippen LogP contribution in [0.3, 0.4) is 0 Å². The second-order valence-electron chi connectivity index (χ2n) is 3.79. The van der Waals surface area contributed by atoms with Crippen molar-refractivity contribution in [2.24, 2.45) is 0 Å². The first-order valence-corrected chi connectivity index (χ1v) is 7.33. The summed E-state index contributed by atoms with van der Waals surface area (Å²) in [7, 11) is -3.85. The van der Waals surface area contributed by atoms with E-state index in [0.717, 1.165) is 6.07 Å². The Morgan fingerprint density at radius 3 is 2.65 bits per heavy atom. The molecule has 0 saturated heterocycles. The molecule has 1 aromatic rings. The van der Waals surface area contributed by atoms with Gasteiger partial charge >= 0.3 is 11.9 Å². The van der Waals surface area contributed by atoms with Gasteiger partial charge in [0.05, 0.1) is 23.5 Å². The zero-order valence-corrected chi connectivity index (χ0v) is 11.6. The Hall–Kier alpha value is -1.93. The summed E-state index contributed by atoms with van der Waals surface area (Å²) in [6.45, 7) is 1.77. The maximum atomic E-state index is 11.9. The number of aromatic carboxylic acids is 1. The molecule has 110 valence electrons. The fourth-order valence-corrected chi connectivity index (χ4v) is 2.48. The number of carbonyl (C=O) groups excluding carboxylic acids is 1. The molecule has 0 unspecified atom stereocenters. The van der Waals surface area contributed by atoms with E-state index in [1.807, 2.05) is 0 Å². The third-order valence-corrected chi connectivity index (χ3v) is 3.78. The minimum atomic E-state index is -3.85. The number of esters is 1. The van der Waals surface area contributed by atoms with Crippen molar-refractivity contribution in [1.29, 1.82) is 0 Å². The molecule has 0 amide bonds. The van der Waals surface area contributed by atoms with Crippen LogP contribution in [0.4, 0.5) is 0 Å². The Labute approximate surface area is 116 Å². The molecule has 20 heavy (non-hydrogen) atoms. The zero-order chi connectivity index (χ0) is 15.2. The number of hydrogen-bond donors (Lipinski definition) is 2. The summed E-state index contributed by atoms with van der Waals surface area (Å²) in [4.78, 5) is 21.7. The molecule has 0 atom stereocenters. The molecule has 0 heterocycles. The predicted octanol–water partition coefficient (Wildman–Crippen LogP) is 0.616. The van der Waals surface area contributed by atoms with Crippen LogP contribution in [0.25, 0.3) is 0 Å². The highest BCUT2D eigenvalue weighted by Gasteiger charge is 2.16. The summed E-state index contributed by atoms with van der Waals surface area (Å²) >= 11 is 0. The van der Waals surface area contributed by atoms with E-state index in [-0.39, 0.29) is 30.0 Å². The van der Waals surface area contributed by atoms with Crippen molar-refractivity contribution in [3.8, 4) is 0 Å². The molecule has 0 aliphatic carbocycles. The summed E-state index contributed by atoms with van der Waals surface area (Å²) in [5.74, 6) is -1.72. The molecule has 0 spiro atoms. The molecule has 0 radical (unpaired) electrons. The molecule has 0 aromatic heterocycles. The highest BCUT2D eigenvalue weighted by molar-refractivity contribution is 7.89. The SMILES string of the molecule is CCOC(=O)CCNS(=O)(=O)c1cccc(C(=O)O)c1. The minimum Gasteiger partial charge on any atom is -0.478 e. The molecule has 7 nitrogen and oxygen atoms in total. The second kappa shape index (κ2) is 7.01. The van der Waals surface area contributed by atoms with Crippen LogP contribution in [0.5, 0.6) is 0 Å². The molecule has 0 bridgehead atoms. The highest BCUT2D eigenvalue weighted by Crippen LogP contribution is 2.11. The number of ether oxygens (including phenoxy) is 1. The average Bonchev–Trinajstić information content (AvgIpc) is 2.39. The van der Waals surface area contributed by atoms with Crippen molar-refractivity contribution in [3.05, 3.63) is 29.8 Å². The van der Waals surface area contributed by atoms with Gasteiger partial charge in [-0.25, -0.2) is 17.9 Å². The van der Waals surface area contributed by atoms with Crippen molar-refractivity contribution in [3.63, 3.8) is 0 Å². The van der Waals surface area contributed by atoms with Crippen LogP contribution in [-0.2, 0) is 19.6 Å². The molecular formula is C12H15NO6S. The molecule has 8 heteroatoms. The van der Waals surface area contributed by atoms with E-state index < -0.39 is 22.0 Å². The van der Waals surface area contributed by atoms with E-state index in [2.05, 4.69) is 9.46 Å². The van der Waals surface area contributed by atoms with Crippen LogP contribution in [0.2, 0.25) is 0 Å². The lowest BCUT2D eigenvalue weighted by molar-refractivity contribution is -0.142. The zero-order valence-electron chi connectivity index (χ0n) is 10.8. The summed E-state index contributed by atoms with van der Waals surface area (Å²) in [6, 6.07) is 4.96. The van der Waals surface area contributed by atoms with Gasteiger partial charge in [-0.2, -0.15) is 0 Å². The summed E-state index contributed by atoms with van der Waals surface area (Å²) in [6.07, 6.45) is -0.0916. The number of sulfonamides is 1. The van der Waals surface area contributed by atoms with Crippen LogP contribution < -0.4 is 4.72 Å². The molecule has 2 N–H and O–H groups in total. The maximum absolute atomic E-state index is 11.9. The Balaban J connectivity index is 2.72. The van der Waals surface area contributed by atoms with E-state index >= 15 is 0 Å². The van der Waals surface area contributed by atoms with Crippen molar-refractivity contribution in [1.82, 2.24) is 4.72 Å². The Kier molecular flexibility index (Phi) is 5.66. The van der Waals surface area contributed by atoms with E-state index in [1.165, 1.54) is 18.2 Å². The fourth-order valence-electron chi connectivity index (χ4n) is 1.40. The predicted molar refractivity (Wildman–Crippen MR) is 69.8 cm³/mol. The smallest absolute Gasteiger partial charge is 0.335 e. The van der Waals surface area contributed by atoms with Crippen LogP contribution in [0, 0.1) is 0 Å². The lowest BCUT2D eigenvalue weighted by Crippen LogP contribution is -2.27. The number of benzene rings is 1. The molecule has 1 rings (SSSR count). The third kappa shape index (κ3) is 4.63. The van der Waals surface area contributed by atoms with Gasteiger partial charge in [0.2, 0.25) is 10.0 Å². The van der Waals surface area contributed by atoms with E-state index in [4.69, 9.17) is 5.11 Å². The third-order valence-electron chi connectivity index (χ3n) is 2.32. The number of carboxylic acids is 1. The number of carbonyl (C=O) groups is 2. The lowest BCUT2D eigenvalue weighted by atomic mass is 10.2. The second-order valence-corrected chi connectivity index (χ2v) is 5.55. The molecular weight excluding hydrogens is 286 g/mol. The van der Waals surface area contributed by atoms with Crippen molar-refractivity contribution in [2.75, 3.05) is 13.2 Å². The first-order valence-electron chi connectivity index (χ1n) is 5.85. The first kappa shape index (κ1) is 16.1. The van der Waals surface area contributed by atoms with E-state index in [1.54, 1.807) is 6.92 Å². The van der Waals surface area contributed by atoms with E-state index in [0.29, 0.717) is 0 Å². The van der Waals surface area contributed by atoms with Gasteiger partial charge in [-0.3, -0.25) is 4.79 Å². The summed E-state index contributed by atoms with van der Waals surface area (Å²) < 4.78 is 30.7. The number of hydrogen-bond acceptors (Lipinski definition) is 5. The van der Waals surface area contributed by atoms with Crippen LogP contribution in [-0.4, -0.2) is 38.6 Å². The molecule has 1 aromatic carbocycles. The Bertz CT molecular complexity index is 596. The topological polar surface area (TPSA) is 110 Å². The van der Waals surface area contributed by atoms with Gasteiger partial charge in [-0.1, -0.05) is 6.07 Å². The standard InChI is InChI=1S/C12H15NO6S/c1-2-19-11(14)6-7-13-20(17,18)10-5-3-4-9(8-10)12(15)16/h3-5,8,13H,2,6-7H2,1H3,(H,15,16). The maximum Gasteiger partial charge on any atom is 0.335 e. The number of rotatable bonds is 7. The van der Waals surface area contributed by atoms with Gasteiger partial charge in [0.1, 0.15) is 0 Å². The number of carboxylic acid groups (broad SMARTS) is 1. The summed E-state index contributed by atoms with van der Waals surface area (Å²) in [5, 5.41) is 8.81. The Morgan fingerprint density at radius 1 is 1.35 bits per heavy atom. The van der Waals surface area contributed by atoms with Gasteiger partial charge in [-0.15, -0.1) is 0 Å². The molecule has 0 fully saturated rings. The number of nitrogens with one attached hydrogen (secondary N) is 1. The van der Waals surface area contributed by atoms with E-state index in [9.17, 15) is 18.0 Å². The molecule has 0 aliphatic heterocycles. The quantitative estimate of drug-likeness (QED) is 0.714. The normalized spacial score (nSPS) is 11.1. The van der Waals surface area contributed by atoms with Gasteiger partial charge in [0, 0.05) is 6.54 Å². The monoisotopic (exact) mass is 301 g/mol. The van der Waals surface area contributed by atoms with Crippen molar-refractivity contribution in [2.45, 2.75) is 18.2 Å². The largest absolute Gasteiger partial charge is 0.478 e. The molecule has 0 saturated carbocycles. The minimum absolute atomic E-state index is 0.0916. The average molecular weight is 301 g/mol. The lowest BCUT2D eigenvalue weighted by Gasteiger charge is -2.07. The van der Waals surface area contributed by atoms with Crippen LogP contribution in [0.1, 0.15) is 23.7 Å². The first-order chi connectivity index (χ1) is 9.36. The molecule has 0 aliphatic rings. The van der Waals surface area contributed by atoms with Crippen LogP contribution >= 0.6 is 0 Å². The van der Waals surface area contributed by atoms with Crippen LogP contribution in [0.15, 0.2) is 29.2 Å². The Morgan fingerprint density at radius 2 is 2.05 bits per heavy atom.